The normalized spacial score (nSPS) is 11.6. The van der Waals surface area contributed by atoms with E-state index in [2.05, 4.69) is 30.0 Å². The van der Waals surface area contributed by atoms with Gasteiger partial charge in [0.05, 0.1) is 24.0 Å². The molecule has 0 aliphatic heterocycles. The van der Waals surface area contributed by atoms with Gasteiger partial charge in [-0.05, 0) is 25.2 Å². The van der Waals surface area contributed by atoms with Gasteiger partial charge in [0, 0.05) is 0 Å². The number of methoxy groups -OCH3 is 1. The van der Waals surface area contributed by atoms with Gasteiger partial charge < -0.3 is 15.0 Å². The van der Waals surface area contributed by atoms with E-state index >= 15 is 0 Å². The number of ether oxygens (including phenoxy) is 1. The van der Waals surface area contributed by atoms with E-state index in [4.69, 9.17) is 4.74 Å². The highest BCUT2D eigenvalue weighted by Crippen LogP contribution is 2.31. The molecule has 2 heterocycles. The van der Waals surface area contributed by atoms with E-state index in [1.54, 1.807) is 6.07 Å². The Morgan fingerprint density at radius 2 is 2.04 bits per heavy atom. The van der Waals surface area contributed by atoms with E-state index in [9.17, 15) is 8.42 Å². The minimum absolute atomic E-state index is 0.109. The fraction of sp³-hybridized carbons (Fsp3) is 0.154. The van der Waals surface area contributed by atoms with Crippen LogP contribution in [0.5, 0.6) is 5.75 Å². The molecule has 3 rings (SSSR count). The fourth-order valence-electron chi connectivity index (χ4n) is 2.06. The second-order valence-electron chi connectivity index (χ2n) is 4.52. The van der Waals surface area contributed by atoms with Crippen LogP contribution in [0.2, 0.25) is 0 Å². The van der Waals surface area contributed by atoms with E-state index in [0.29, 0.717) is 28.4 Å². The molecule has 0 bridgehead atoms. The Bertz CT molecular complexity index is 953. The first-order valence-corrected chi connectivity index (χ1v) is 8.06. The van der Waals surface area contributed by atoms with Crippen LogP contribution in [-0.2, 0) is 10.0 Å². The second-order valence-corrected chi connectivity index (χ2v) is 6.40. The minimum atomic E-state index is -3.57. The van der Waals surface area contributed by atoms with Crippen molar-refractivity contribution in [1.29, 1.82) is 0 Å². The van der Waals surface area contributed by atoms with Crippen molar-refractivity contribution in [2.24, 2.45) is 0 Å². The number of H-pyrrole nitrogens is 1. The minimum Gasteiger partial charge on any atom is -0.495 e. The lowest BCUT2D eigenvalue weighted by molar-refractivity contribution is 0.416. The van der Waals surface area contributed by atoms with Crippen LogP contribution >= 0.6 is 0 Å². The Hall–Kier alpha value is -2.72. The molecule has 0 radical (unpaired) electrons. The van der Waals surface area contributed by atoms with Crippen LogP contribution in [0.15, 0.2) is 35.7 Å². The van der Waals surface area contributed by atoms with Gasteiger partial charge in [0.1, 0.15) is 17.6 Å². The number of hydrogen-bond acceptors (Lipinski definition) is 7. The number of anilines is 2. The Kier molecular flexibility index (Phi) is 3.84. The van der Waals surface area contributed by atoms with Gasteiger partial charge in [-0.25, -0.2) is 28.1 Å². The van der Waals surface area contributed by atoms with Crippen molar-refractivity contribution in [2.45, 2.75) is 4.90 Å². The molecular formula is C13H14N6O3S. The molecule has 3 aromatic rings. The summed E-state index contributed by atoms with van der Waals surface area (Å²) in [4.78, 5) is 15.3. The van der Waals surface area contributed by atoms with Crippen LogP contribution in [-0.4, -0.2) is 42.5 Å². The summed E-state index contributed by atoms with van der Waals surface area (Å²) < 4.78 is 31.4. The Labute approximate surface area is 132 Å². The first-order valence-electron chi connectivity index (χ1n) is 6.58. The quantitative estimate of drug-likeness (QED) is 0.636. The molecule has 0 aliphatic carbocycles. The maximum atomic E-state index is 12.0. The zero-order chi connectivity index (χ0) is 16.4. The number of sulfonamides is 1. The maximum Gasteiger partial charge on any atom is 0.240 e. The molecule has 0 saturated heterocycles. The molecule has 0 unspecified atom stereocenters. The summed E-state index contributed by atoms with van der Waals surface area (Å²) in [5.74, 6) is 0.941. The topological polar surface area (TPSA) is 122 Å². The molecule has 0 aliphatic rings. The van der Waals surface area contributed by atoms with Crippen LogP contribution in [0.4, 0.5) is 11.5 Å². The van der Waals surface area contributed by atoms with E-state index < -0.39 is 10.0 Å². The summed E-state index contributed by atoms with van der Waals surface area (Å²) in [6.07, 6.45) is 2.87. The third-order valence-electron chi connectivity index (χ3n) is 3.23. The molecule has 120 valence electrons. The lowest BCUT2D eigenvalue weighted by Gasteiger charge is -2.12. The number of nitrogens with one attached hydrogen (secondary N) is 3. The number of imidazole rings is 1. The fourth-order valence-corrected chi connectivity index (χ4v) is 2.81. The van der Waals surface area contributed by atoms with Gasteiger partial charge in [-0.3, -0.25) is 0 Å². The predicted molar refractivity (Wildman–Crippen MR) is 84.2 cm³/mol. The molecule has 23 heavy (non-hydrogen) atoms. The van der Waals surface area contributed by atoms with Crippen LogP contribution in [0.25, 0.3) is 11.2 Å². The molecule has 0 spiro atoms. The smallest absolute Gasteiger partial charge is 0.240 e. The summed E-state index contributed by atoms with van der Waals surface area (Å²) in [6.45, 7) is 0. The highest BCUT2D eigenvalue weighted by molar-refractivity contribution is 7.89. The summed E-state index contributed by atoms with van der Waals surface area (Å²) in [5, 5.41) is 3.05. The number of rotatable bonds is 5. The Balaban J connectivity index is 2.08. The van der Waals surface area contributed by atoms with Crippen molar-refractivity contribution in [3.63, 3.8) is 0 Å². The zero-order valence-electron chi connectivity index (χ0n) is 12.4. The van der Waals surface area contributed by atoms with Gasteiger partial charge in [-0.1, -0.05) is 0 Å². The highest BCUT2D eigenvalue weighted by Gasteiger charge is 2.16. The second kappa shape index (κ2) is 5.82. The molecule has 9 nitrogen and oxygen atoms in total. The molecular weight excluding hydrogens is 320 g/mol. The van der Waals surface area contributed by atoms with Crippen molar-refractivity contribution in [3.05, 3.63) is 30.9 Å². The molecule has 0 amide bonds. The van der Waals surface area contributed by atoms with Gasteiger partial charge in [0.2, 0.25) is 10.0 Å². The number of hydrogen-bond donors (Lipinski definition) is 3. The first-order chi connectivity index (χ1) is 11.0. The van der Waals surface area contributed by atoms with Gasteiger partial charge in [0.15, 0.2) is 11.5 Å². The van der Waals surface area contributed by atoms with Gasteiger partial charge in [0.25, 0.3) is 0 Å². The largest absolute Gasteiger partial charge is 0.495 e. The van der Waals surface area contributed by atoms with E-state index in [1.807, 2.05) is 0 Å². The average Bonchev–Trinajstić information content (AvgIpc) is 3.04. The van der Waals surface area contributed by atoms with Crippen LogP contribution in [0.1, 0.15) is 0 Å². The standard InChI is InChI=1S/C13H14N6O3S/c1-14-23(20,21)8-3-4-10(22-2)9(5-8)19-13-11-12(16-6-15-11)17-7-18-13/h3-7,14H,1-2H3,(H2,15,16,17,18,19). The zero-order valence-corrected chi connectivity index (χ0v) is 13.2. The number of aromatic amines is 1. The first kappa shape index (κ1) is 15.2. The highest BCUT2D eigenvalue weighted by atomic mass is 32.2. The van der Waals surface area contributed by atoms with Crippen LogP contribution in [0, 0.1) is 0 Å². The number of benzene rings is 1. The molecule has 0 atom stereocenters. The monoisotopic (exact) mass is 334 g/mol. The predicted octanol–water partition coefficient (Wildman–Crippen LogP) is 1.01. The van der Waals surface area contributed by atoms with Gasteiger partial charge >= 0.3 is 0 Å². The molecule has 10 heteroatoms. The van der Waals surface area contributed by atoms with Crippen LogP contribution < -0.4 is 14.8 Å². The summed E-state index contributed by atoms with van der Waals surface area (Å²) in [5.41, 5.74) is 1.57. The summed E-state index contributed by atoms with van der Waals surface area (Å²) >= 11 is 0. The Morgan fingerprint density at radius 1 is 1.22 bits per heavy atom. The maximum absolute atomic E-state index is 12.0. The van der Waals surface area contributed by atoms with E-state index in [1.165, 1.54) is 38.9 Å². The van der Waals surface area contributed by atoms with Crippen molar-refractivity contribution in [1.82, 2.24) is 24.7 Å². The van der Waals surface area contributed by atoms with Gasteiger partial charge in [-0.2, -0.15) is 0 Å². The third-order valence-corrected chi connectivity index (χ3v) is 4.64. The lowest BCUT2D eigenvalue weighted by atomic mass is 10.3. The number of aromatic nitrogens is 4. The van der Waals surface area contributed by atoms with Gasteiger partial charge in [-0.15, -0.1) is 0 Å². The third kappa shape index (κ3) is 2.81. The number of fused-ring (bicyclic) bond motifs is 1. The van der Waals surface area contributed by atoms with Crippen molar-refractivity contribution in [2.75, 3.05) is 19.5 Å². The summed E-state index contributed by atoms with van der Waals surface area (Å²) in [7, 11) is -0.717. The van der Waals surface area contributed by atoms with E-state index in [0.717, 1.165) is 0 Å². The lowest BCUT2D eigenvalue weighted by Crippen LogP contribution is -2.18. The molecule has 3 N–H and O–H groups in total. The average molecular weight is 334 g/mol. The van der Waals surface area contributed by atoms with Crippen molar-refractivity contribution >= 4 is 32.7 Å². The van der Waals surface area contributed by atoms with Crippen molar-refractivity contribution in [3.8, 4) is 5.75 Å². The number of nitrogens with zero attached hydrogens (tertiary/aromatic N) is 3. The SMILES string of the molecule is CNS(=O)(=O)c1ccc(OC)c(Nc2ncnc3nc[nH]c23)c1. The molecule has 0 fully saturated rings. The molecule has 2 aromatic heterocycles. The van der Waals surface area contributed by atoms with Crippen molar-refractivity contribution < 1.29 is 13.2 Å². The molecule has 1 aromatic carbocycles. The summed E-state index contributed by atoms with van der Waals surface area (Å²) in [6, 6.07) is 4.49. The molecule has 0 saturated carbocycles. The van der Waals surface area contributed by atoms with E-state index in [-0.39, 0.29) is 4.90 Å². The van der Waals surface area contributed by atoms with Crippen LogP contribution in [0.3, 0.4) is 0 Å². The Morgan fingerprint density at radius 3 is 2.78 bits per heavy atom.